The van der Waals surface area contributed by atoms with Crippen molar-refractivity contribution in [1.29, 1.82) is 0 Å². The van der Waals surface area contributed by atoms with Crippen molar-refractivity contribution in [2.24, 2.45) is 0 Å². The highest BCUT2D eigenvalue weighted by molar-refractivity contribution is 5.87. The number of allylic oxidation sites excluding steroid dienone is 1. The zero-order valence-electron chi connectivity index (χ0n) is 9.75. The molecular weight excluding hydrogens is 192 g/mol. The molecule has 0 spiro atoms. The number of hydrogen-bond donors (Lipinski definition) is 1. The largest absolute Gasteiger partial charge is 0.352 e. The van der Waals surface area contributed by atoms with Crippen molar-refractivity contribution in [3.63, 3.8) is 0 Å². The third kappa shape index (κ3) is 5.88. The quantitative estimate of drug-likeness (QED) is 0.666. The van der Waals surface area contributed by atoms with E-state index in [4.69, 9.17) is 0 Å². The predicted octanol–water partition coefficient (Wildman–Crippen LogP) is 0.937. The first-order chi connectivity index (χ1) is 7.15. The lowest BCUT2D eigenvalue weighted by molar-refractivity contribution is -0.130. The number of rotatable bonds is 6. The van der Waals surface area contributed by atoms with Gasteiger partial charge in [-0.3, -0.25) is 9.59 Å². The minimum atomic E-state index is -0.148. The molecule has 0 radical (unpaired) electrons. The van der Waals surface area contributed by atoms with Gasteiger partial charge in [0.1, 0.15) is 0 Å². The Morgan fingerprint density at radius 3 is 2.33 bits per heavy atom. The fourth-order valence-corrected chi connectivity index (χ4v) is 1.24. The summed E-state index contributed by atoms with van der Waals surface area (Å²) < 4.78 is 0. The van der Waals surface area contributed by atoms with Gasteiger partial charge in [-0.25, -0.2) is 0 Å². The number of hydrogen-bond acceptors (Lipinski definition) is 2. The van der Waals surface area contributed by atoms with Crippen molar-refractivity contribution in [3.05, 3.63) is 12.2 Å². The van der Waals surface area contributed by atoms with Gasteiger partial charge in [0.15, 0.2) is 0 Å². The average molecular weight is 212 g/mol. The van der Waals surface area contributed by atoms with Crippen LogP contribution < -0.4 is 5.32 Å². The highest BCUT2D eigenvalue weighted by atomic mass is 16.2. The summed E-state index contributed by atoms with van der Waals surface area (Å²) in [6.45, 7) is 7.51. The predicted molar refractivity (Wildman–Crippen MR) is 60.4 cm³/mol. The van der Waals surface area contributed by atoms with Gasteiger partial charge in [-0.2, -0.15) is 0 Å². The van der Waals surface area contributed by atoms with Gasteiger partial charge in [0, 0.05) is 26.1 Å². The van der Waals surface area contributed by atoms with Gasteiger partial charge in [0.2, 0.25) is 11.8 Å². The molecular formula is C11H20N2O2. The summed E-state index contributed by atoms with van der Waals surface area (Å²) in [5, 5.41) is 2.64. The summed E-state index contributed by atoms with van der Waals surface area (Å²) in [6, 6.07) is 0. The monoisotopic (exact) mass is 212 g/mol. The lowest BCUT2D eigenvalue weighted by atomic mass is 10.3. The number of nitrogens with zero attached hydrogens (tertiary/aromatic N) is 1. The molecule has 0 atom stereocenters. The summed E-state index contributed by atoms with van der Waals surface area (Å²) in [6.07, 6.45) is 3.48. The molecule has 0 aliphatic rings. The Hall–Kier alpha value is -1.32. The van der Waals surface area contributed by atoms with Gasteiger partial charge in [-0.15, -0.1) is 0 Å². The normalized spacial score (nSPS) is 10.3. The summed E-state index contributed by atoms with van der Waals surface area (Å²) in [4.78, 5) is 24.3. The molecule has 0 saturated heterocycles. The molecule has 0 saturated carbocycles. The van der Waals surface area contributed by atoms with Crippen LogP contribution in [0.25, 0.3) is 0 Å². The maximum atomic E-state index is 11.5. The fraction of sp³-hybridized carbons (Fsp3) is 0.636. The summed E-state index contributed by atoms with van der Waals surface area (Å²) in [5.74, 6) is -0.0642. The Morgan fingerprint density at radius 2 is 1.87 bits per heavy atom. The van der Waals surface area contributed by atoms with Crippen molar-refractivity contribution < 1.29 is 9.59 Å². The molecule has 4 nitrogen and oxygen atoms in total. The number of nitrogens with one attached hydrogen (secondary N) is 1. The topological polar surface area (TPSA) is 49.4 Å². The lowest BCUT2D eigenvalue weighted by Gasteiger charge is -2.18. The van der Waals surface area contributed by atoms with E-state index in [1.165, 1.54) is 6.08 Å². The van der Waals surface area contributed by atoms with E-state index in [1.54, 1.807) is 17.9 Å². The second-order valence-electron chi connectivity index (χ2n) is 3.11. The minimum absolute atomic E-state index is 0.0841. The number of amides is 2. The van der Waals surface area contributed by atoms with Crippen molar-refractivity contribution in [2.75, 3.05) is 19.6 Å². The third-order valence-corrected chi connectivity index (χ3v) is 2.07. The van der Waals surface area contributed by atoms with E-state index in [9.17, 15) is 9.59 Å². The summed E-state index contributed by atoms with van der Waals surface area (Å²) in [7, 11) is 0. The molecule has 4 heteroatoms. The Morgan fingerprint density at radius 1 is 1.27 bits per heavy atom. The van der Waals surface area contributed by atoms with Crippen LogP contribution in [0.15, 0.2) is 12.2 Å². The maximum absolute atomic E-state index is 11.5. The molecule has 0 aliphatic heterocycles. The van der Waals surface area contributed by atoms with Gasteiger partial charge in [-0.05, 0) is 26.8 Å². The molecule has 0 heterocycles. The van der Waals surface area contributed by atoms with Crippen LogP contribution in [0, 0.1) is 0 Å². The first-order valence-electron chi connectivity index (χ1n) is 5.33. The van der Waals surface area contributed by atoms with E-state index in [0.29, 0.717) is 13.0 Å². The number of carbonyl (C=O) groups is 2. The molecule has 0 aromatic rings. The van der Waals surface area contributed by atoms with Crippen molar-refractivity contribution in [3.8, 4) is 0 Å². The molecule has 0 unspecified atom stereocenters. The smallest absolute Gasteiger partial charge is 0.243 e. The van der Waals surface area contributed by atoms with Gasteiger partial charge in [-0.1, -0.05) is 6.08 Å². The van der Waals surface area contributed by atoms with Gasteiger partial charge < -0.3 is 10.2 Å². The molecule has 0 bridgehead atoms. The standard InChI is InChI=1S/C11H20N2O2/c1-4-7-10(14)12-9-8-11(15)13(5-2)6-3/h4,7H,5-6,8-9H2,1-3H3,(H,12,14). The fourth-order valence-electron chi connectivity index (χ4n) is 1.24. The summed E-state index contributed by atoms with van der Waals surface area (Å²) in [5.41, 5.74) is 0. The van der Waals surface area contributed by atoms with Crippen LogP contribution >= 0.6 is 0 Å². The van der Waals surface area contributed by atoms with E-state index in [0.717, 1.165) is 13.1 Å². The van der Waals surface area contributed by atoms with Crippen LogP contribution in [0.5, 0.6) is 0 Å². The van der Waals surface area contributed by atoms with Crippen LogP contribution in [0.1, 0.15) is 27.2 Å². The molecule has 2 amide bonds. The second kappa shape index (κ2) is 8.03. The first kappa shape index (κ1) is 13.7. The van der Waals surface area contributed by atoms with Crippen molar-refractivity contribution in [2.45, 2.75) is 27.2 Å². The SMILES string of the molecule is CC=CC(=O)NCCC(=O)N(CC)CC. The Labute approximate surface area is 91.3 Å². The van der Waals surface area contributed by atoms with Crippen LogP contribution in [-0.2, 0) is 9.59 Å². The lowest BCUT2D eigenvalue weighted by Crippen LogP contribution is -2.33. The zero-order chi connectivity index (χ0) is 11.7. The van der Waals surface area contributed by atoms with Gasteiger partial charge >= 0.3 is 0 Å². The van der Waals surface area contributed by atoms with Gasteiger partial charge in [0.25, 0.3) is 0 Å². The highest BCUT2D eigenvalue weighted by Crippen LogP contribution is 1.92. The first-order valence-corrected chi connectivity index (χ1v) is 5.33. The van der Waals surface area contributed by atoms with E-state index in [-0.39, 0.29) is 11.8 Å². The third-order valence-electron chi connectivity index (χ3n) is 2.07. The van der Waals surface area contributed by atoms with E-state index >= 15 is 0 Å². The van der Waals surface area contributed by atoms with E-state index in [2.05, 4.69) is 5.32 Å². The molecule has 1 N–H and O–H groups in total. The average Bonchev–Trinajstić information content (AvgIpc) is 2.20. The van der Waals surface area contributed by atoms with Gasteiger partial charge in [0.05, 0.1) is 0 Å². The van der Waals surface area contributed by atoms with Crippen LogP contribution in [-0.4, -0.2) is 36.3 Å². The van der Waals surface area contributed by atoms with E-state index < -0.39 is 0 Å². The Kier molecular flexibility index (Phi) is 7.32. The molecule has 0 aromatic heterocycles. The maximum Gasteiger partial charge on any atom is 0.243 e. The second-order valence-corrected chi connectivity index (χ2v) is 3.11. The zero-order valence-corrected chi connectivity index (χ0v) is 9.75. The van der Waals surface area contributed by atoms with E-state index in [1.807, 2.05) is 13.8 Å². The molecule has 0 fully saturated rings. The molecule has 0 aromatic carbocycles. The minimum Gasteiger partial charge on any atom is -0.352 e. The van der Waals surface area contributed by atoms with Crippen molar-refractivity contribution >= 4 is 11.8 Å². The van der Waals surface area contributed by atoms with Crippen LogP contribution in [0.2, 0.25) is 0 Å². The highest BCUT2D eigenvalue weighted by Gasteiger charge is 2.08. The van der Waals surface area contributed by atoms with Crippen molar-refractivity contribution in [1.82, 2.24) is 10.2 Å². The Balaban J connectivity index is 3.76. The number of carbonyl (C=O) groups excluding carboxylic acids is 2. The molecule has 0 rings (SSSR count). The van der Waals surface area contributed by atoms with Crippen LogP contribution in [0.3, 0.4) is 0 Å². The molecule has 0 aliphatic carbocycles. The molecule has 15 heavy (non-hydrogen) atoms. The van der Waals surface area contributed by atoms with Crippen LogP contribution in [0.4, 0.5) is 0 Å². The summed E-state index contributed by atoms with van der Waals surface area (Å²) >= 11 is 0. The molecule has 86 valence electrons. The Bertz CT molecular complexity index is 233.